The number of hydrogen-bond acceptors (Lipinski definition) is 2. The van der Waals surface area contributed by atoms with Crippen LogP contribution < -0.4 is 5.32 Å². The molecule has 0 aliphatic carbocycles. The van der Waals surface area contributed by atoms with Gasteiger partial charge in [0.25, 0.3) is 0 Å². The van der Waals surface area contributed by atoms with Gasteiger partial charge in [-0.15, -0.1) is 0 Å². The third kappa shape index (κ3) is 10.4. The van der Waals surface area contributed by atoms with E-state index in [9.17, 15) is 4.79 Å². The van der Waals surface area contributed by atoms with Crippen LogP contribution in [0.15, 0.2) is 36.4 Å². The van der Waals surface area contributed by atoms with Gasteiger partial charge in [-0.25, -0.2) is 0 Å². The molecule has 1 atom stereocenters. The number of carbonyl (C=O) groups is 1. The van der Waals surface area contributed by atoms with E-state index in [2.05, 4.69) is 92.0 Å². The lowest BCUT2D eigenvalue weighted by Crippen LogP contribution is -2.46. The van der Waals surface area contributed by atoms with Gasteiger partial charge < -0.3 is 10.1 Å². The Hall–Kier alpha value is -1.62. The summed E-state index contributed by atoms with van der Waals surface area (Å²) in [6, 6.07) is 12.4. The molecule has 0 saturated heterocycles. The zero-order chi connectivity index (χ0) is 29.6. The Morgan fingerprint density at radius 1 is 1.00 bits per heavy atom. The molecule has 1 amide bonds. The molecule has 3 nitrogen and oxygen atoms in total. The van der Waals surface area contributed by atoms with Gasteiger partial charge in [0.2, 0.25) is 5.91 Å². The first-order chi connectivity index (χ1) is 17.9. The summed E-state index contributed by atoms with van der Waals surface area (Å²) in [5, 5.41) is 4.24. The molecule has 0 radical (unpaired) electrons. The quantitative estimate of drug-likeness (QED) is 0.258. The van der Waals surface area contributed by atoms with E-state index in [1.807, 2.05) is 25.1 Å². The molecule has 2 rings (SSSR count). The molecule has 0 spiro atoms. The van der Waals surface area contributed by atoms with E-state index in [-0.39, 0.29) is 28.8 Å². The Morgan fingerprint density at radius 3 is 2.21 bits per heavy atom. The fraction of sp³-hybridized carbons (Fsp3) is 0.618. The van der Waals surface area contributed by atoms with Crippen molar-refractivity contribution >= 4 is 25.6 Å². The maximum Gasteiger partial charge on any atom is 0.224 e. The van der Waals surface area contributed by atoms with Crippen molar-refractivity contribution in [1.29, 1.82) is 0 Å². The second-order valence-electron chi connectivity index (χ2n) is 14.5. The summed E-state index contributed by atoms with van der Waals surface area (Å²) in [4.78, 5) is 13.4. The largest absolute Gasteiger partial charge is 0.383 e. The van der Waals surface area contributed by atoms with Gasteiger partial charge >= 0.3 is 0 Å². The van der Waals surface area contributed by atoms with Crippen molar-refractivity contribution in [1.82, 2.24) is 5.32 Å². The molecule has 5 heteroatoms. The third-order valence-corrected chi connectivity index (χ3v) is 13.7. The second kappa shape index (κ2) is 13.8. The van der Waals surface area contributed by atoms with Crippen LogP contribution in [-0.2, 0) is 28.8 Å². The van der Waals surface area contributed by atoms with Crippen molar-refractivity contribution in [3.8, 4) is 0 Å². The van der Waals surface area contributed by atoms with Gasteiger partial charge in [-0.3, -0.25) is 4.79 Å². The van der Waals surface area contributed by atoms with Crippen molar-refractivity contribution in [2.24, 2.45) is 5.41 Å². The standard InChI is InChI=1S/C34H54ClNO2Si/c1-24(2)28-16-13-15-26(18-19-33(4,5)6)30(28)20-27(22-38-23-39(10,11)34(7,8)9)36-32(37)21-29-25(3)14-12-17-31(29)35/h12-17,24,27H,18-23H2,1-11H3,(H,36,37). The fourth-order valence-electron chi connectivity index (χ4n) is 4.59. The van der Waals surface area contributed by atoms with Crippen molar-refractivity contribution < 1.29 is 9.53 Å². The van der Waals surface area contributed by atoms with Crippen molar-refractivity contribution in [2.75, 3.05) is 12.8 Å². The van der Waals surface area contributed by atoms with Crippen molar-refractivity contribution in [3.05, 3.63) is 69.2 Å². The van der Waals surface area contributed by atoms with Crippen molar-refractivity contribution in [3.63, 3.8) is 0 Å². The lowest BCUT2D eigenvalue weighted by molar-refractivity contribution is -0.121. The van der Waals surface area contributed by atoms with Crippen LogP contribution in [0.4, 0.5) is 0 Å². The summed E-state index contributed by atoms with van der Waals surface area (Å²) in [5.74, 6) is 0.398. The number of hydrogen-bond donors (Lipinski definition) is 1. The first-order valence-corrected chi connectivity index (χ1v) is 18.2. The molecule has 218 valence electrons. The average Bonchev–Trinajstić information content (AvgIpc) is 2.79. The molecule has 0 aliphatic rings. The smallest absolute Gasteiger partial charge is 0.224 e. The Balaban J connectivity index is 2.35. The van der Waals surface area contributed by atoms with Gasteiger partial charge in [0.05, 0.1) is 27.1 Å². The Bertz CT molecular complexity index is 1080. The van der Waals surface area contributed by atoms with Gasteiger partial charge in [0.1, 0.15) is 0 Å². The van der Waals surface area contributed by atoms with E-state index in [1.165, 1.54) is 16.7 Å². The molecule has 2 aromatic carbocycles. The summed E-state index contributed by atoms with van der Waals surface area (Å²) < 4.78 is 6.43. The molecular weight excluding hydrogens is 518 g/mol. The molecule has 1 N–H and O–H groups in total. The van der Waals surface area contributed by atoms with Gasteiger partial charge in [-0.2, -0.15) is 0 Å². The number of halogens is 1. The lowest BCUT2D eigenvalue weighted by atomic mass is 9.84. The van der Waals surface area contributed by atoms with Crippen LogP contribution >= 0.6 is 11.6 Å². The highest BCUT2D eigenvalue weighted by Gasteiger charge is 2.35. The SMILES string of the molecule is Cc1cccc(Cl)c1CC(=O)NC(COC[Si](C)(C)C(C)(C)C)Cc1c(CCC(C)(C)C)cccc1C(C)C. The minimum Gasteiger partial charge on any atom is -0.383 e. The molecule has 2 aromatic rings. The van der Waals surface area contributed by atoms with E-state index in [4.69, 9.17) is 16.3 Å². The highest BCUT2D eigenvalue weighted by Crippen LogP contribution is 2.36. The van der Waals surface area contributed by atoms with Crippen LogP contribution in [-0.4, -0.2) is 32.9 Å². The molecule has 0 heterocycles. The van der Waals surface area contributed by atoms with Crippen LogP contribution in [0.5, 0.6) is 0 Å². The zero-order valence-electron chi connectivity index (χ0n) is 26.6. The summed E-state index contributed by atoms with van der Waals surface area (Å²) >= 11 is 6.46. The number of carbonyl (C=O) groups excluding carboxylic acids is 1. The second-order valence-corrected chi connectivity index (χ2v) is 20.5. The van der Waals surface area contributed by atoms with E-state index in [0.717, 1.165) is 36.6 Å². The number of ether oxygens (including phenoxy) is 1. The molecule has 0 aliphatic heterocycles. The molecule has 1 unspecified atom stereocenters. The number of nitrogens with one attached hydrogen (secondary N) is 1. The predicted octanol–water partition coefficient (Wildman–Crippen LogP) is 9.08. The average molecular weight is 572 g/mol. The first kappa shape index (κ1) is 33.6. The van der Waals surface area contributed by atoms with Gasteiger partial charge in [0.15, 0.2) is 0 Å². The molecule has 0 fully saturated rings. The molecular formula is C34H54ClNO2Si. The Morgan fingerprint density at radius 2 is 1.64 bits per heavy atom. The van der Waals surface area contributed by atoms with Crippen LogP contribution in [0.3, 0.4) is 0 Å². The van der Waals surface area contributed by atoms with E-state index >= 15 is 0 Å². The topological polar surface area (TPSA) is 38.3 Å². The summed E-state index contributed by atoms with van der Waals surface area (Å²) in [7, 11) is -1.61. The van der Waals surface area contributed by atoms with Crippen molar-refractivity contribution in [2.45, 2.75) is 118 Å². The zero-order valence-corrected chi connectivity index (χ0v) is 28.3. The normalized spacial score (nSPS) is 13.6. The van der Waals surface area contributed by atoms with Crippen LogP contribution in [0.25, 0.3) is 0 Å². The van der Waals surface area contributed by atoms with Gasteiger partial charge in [0, 0.05) is 11.3 Å². The van der Waals surface area contributed by atoms with Gasteiger partial charge in [-0.1, -0.05) is 110 Å². The van der Waals surface area contributed by atoms with Gasteiger partial charge in [-0.05, 0) is 76.4 Å². The van der Waals surface area contributed by atoms with E-state index in [1.54, 1.807) is 0 Å². The molecule has 39 heavy (non-hydrogen) atoms. The minimum absolute atomic E-state index is 0.00889. The first-order valence-electron chi connectivity index (χ1n) is 14.6. The monoisotopic (exact) mass is 571 g/mol. The van der Waals surface area contributed by atoms with E-state index < -0.39 is 8.07 Å². The predicted molar refractivity (Wildman–Crippen MR) is 172 cm³/mol. The summed E-state index contributed by atoms with van der Waals surface area (Å²) in [5.41, 5.74) is 6.32. The molecule has 0 aromatic heterocycles. The lowest BCUT2D eigenvalue weighted by Gasteiger charge is -2.37. The highest BCUT2D eigenvalue weighted by molar-refractivity contribution is 6.80. The summed E-state index contributed by atoms with van der Waals surface area (Å²) in [6.07, 6.45) is 3.96. The van der Waals surface area contributed by atoms with E-state index in [0.29, 0.717) is 17.5 Å². The molecule has 0 bridgehead atoms. The number of rotatable bonds is 12. The maximum absolute atomic E-state index is 13.4. The van der Waals surface area contributed by atoms with Crippen LogP contribution in [0, 0.1) is 12.3 Å². The minimum atomic E-state index is -1.61. The number of benzene rings is 2. The third-order valence-electron chi connectivity index (χ3n) is 8.39. The number of aryl methyl sites for hydroxylation is 2. The Kier molecular flexibility index (Phi) is 11.9. The van der Waals surface area contributed by atoms with Crippen LogP contribution in [0.2, 0.25) is 23.2 Å². The fourth-order valence-corrected chi connectivity index (χ4v) is 5.94. The molecule has 0 saturated carbocycles. The summed E-state index contributed by atoms with van der Waals surface area (Å²) in [6.45, 7) is 25.6. The number of amides is 1. The Labute approximate surface area is 245 Å². The maximum atomic E-state index is 13.4. The highest BCUT2D eigenvalue weighted by atomic mass is 35.5. The van der Waals surface area contributed by atoms with Crippen LogP contribution in [0.1, 0.15) is 95.5 Å².